The Balaban J connectivity index is 1.60. The van der Waals surface area contributed by atoms with Crippen molar-refractivity contribution in [3.05, 3.63) is 24.3 Å². The first kappa shape index (κ1) is 15.3. The maximum atomic E-state index is 11.8. The molecule has 2 N–H and O–H groups in total. The van der Waals surface area contributed by atoms with Crippen molar-refractivity contribution in [1.29, 1.82) is 0 Å². The number of hydrogen-bond donors (Lipinski definition) is 2. The third-order valence-corrected chi connectivity index (χ3v) is 4.65. The Morgan fingerprint density at radius 2 is 2.00 bits per heavy atom. The lowest BCUT2D eigenvalue weighted by atomic mass is 9.96. The fourth-order valence-corrected chi connectivity index (χ4v) is 3.56. The molecule has 1 heterocycles. The molecule has 1 saturated carbocycles. The number of thiocarbonyl (C=S) groups is 1. The lowest BCUT2D eigenvalue weighted by Crippen LogP contribution is -2.38. The molecule has 1 saturated heterocycles. The van der Waals surface area contributed by atoms with Gasteiger partial charge in [0.2, 0.25) is 5.91 Å². The van der Waals surface area contributed by atoms with Crippen LogP contribution in [0.5, 0.6) is 0 Å². The normalized spacial score (nSPS) is 19.3. The molecule has 3 rings (SSSR count). The predicted molar refractivity (Wildman–Crippen MR) is 94.3 cm³/mol. The molecule has 0 atom stereocenters. The first-order valence-corrected chi connectivity index (χ1v) is 8.61. The van der Waals surface area contributed by atoms with E-state index < -0.39 is 0 Å². The number of amides is 1. The third kappa shape index (κ3) is 3.77. The second-order valence-corrected chi connectivity index (χ2v) is 6.54. The predicted octanol–water partition coefficient (Wildman–Crippen LogP) is 3.43. The summed E-state index contributed by atoms with van der Waals surface area (Å²) in [6.07, 6.45) is 7.90. The van der Waals surface area contributed by atoms with Crippen molar-refractivity contribution in [2.24, 2.45) is 0 Å². The van der Waals surface area contributed by atoms with E-state index in [0.29, 0.717) is 17.6 Å². The van der Waals surface area contributed by atoms with Crippen LogP contribution >= 0.6 is 12.2 Å². The van der Waals surface area contributed by atoms with Crippen molar-refractivity contribution in [3.8, 4) is 0 Å². The fraction of sp³-hybridized carbons (Fsp3) is 0.529. The average molecular weight is 317 g/mol. The van der Waals surface area contributed by atoms with Crippen LogP contribution in [0.3, 0.4) is 0 Å². The minimum atomic E-state index is 0.208. The minimum Gasteiger partial charge on any atom is -0.360 e. The van der Waals surface area contributed by atoms with Crippen LogP contribution in [0.1, 0.15) is 44.9 Å². The summed E-state index contributed by atoms with van der Waals surface area (Å²) in [5.41, 5.74) is 1.89. The van der Waals surface area contributed by atoms with E-state index in [1.807, 2.05) is 29.2 Å². The van der Waals surface area contributed by atoms with E-state index in [2.05, 4.69) is 10.6 Å². The number of rotatable bonds is 3. The Hall–Kier alpha value is -1.62. The van der Waals surface area contributed by atoms with E-state index in [9.17, 15) is 4.79 Å². The van der Waals surface area contributed by atoms with Crippen molar-refractivity contribution >= 4 is 34.6 Å². The fourth-order valence-electron chi connectivity index (χ4n) is 3.27. The number of nitrogens with zero attached hydrogens (tertiary/aromatic N) is 1. The molecule has 2 aliphatic rings. The minimum absolute atomic E-state index is 0.208. The summed E-state index contributed by atoms with van der Waals surface area (Å²) in [4.78, 5) is 13.7. The molecule has 118 valence electrons. The molecule has 0 unspecified atom stereocenters. The molecule has 1 aliphatic heterocycles. The third-order valence-electron chi connectivity index (χ3n) is 4.43. The first-order valence-electron chi connectivity index (χ1n) is 8.20. The van der Waals surface area contributed by atoms with Crippen molar-refractivity contribution in [1.82, 2.24) is 5.32 Å². The number of hydrogen-bond acceptors (Lipinski definition) is 2. The Kier molecular flexibility index (Phi) is 4.93. The van der Waals surface area contributed by atoms with Gasteiger partial charge in [-0.05, 0) is 49.7 Å². The summed E-state index contributed by atoms with van der Waals surface area (Å²) < 4.78 is 0. The highest BCUT2D eigenvalue weighted by Gasteiger charge is 2.21. The quantitative estimate of drug-likeness (QED) is 0.838. The number of carbonyl (C=O) groups excluding carboxylic acids is 1. The highest BCUT2D eigenvalue weighted by molar-refractivity contribution is 7.80. The summed E-state index contributed by atoms with van der Waals surface area (Å²) in [7, 11) is 0. The Morgan fingerprint density at radius 1 is 1.18 bits per heavy atom. The van der Waals surface area contributed by atoms with Gasteiger partial charge >= 0.3 is 0 Å². The molecule has 0 radical (unpaired) electrons. The Labute approximate surface area is 137 Å². The molecule has 1 aromatic rings. The largest absolute Gasteiger partial charge is 0.360 e. The first-order chi connectivity index (χ1) is 10.7. The highest BCUT2D eigenvalue weighted by atomic mass is 32.1. The van der Waals surface area contributed by atoms with Gasteiger partial charge in [0.05, 0.1) is 0 Å². The summed E-state index contributed by atoms with van der Waals surface area (Å²) in [6.45, 7) is 0.813. The molecule has 22 heavy (non-hydrogen) atoms. The maximum absolute atomic E-state index is 11.8. The highest BCUT2D eigenvalue weighted by Crippen LogP contribution is 2.24. The standard InChI is InChI=1S/C17H23N3OS/c21-16-10-5-11-20(16)15-9-4-8-14(12-15)19-17(22)18-13-6-2-1-3-7-13/h4,8-9,12-13H,1-3,5-7,10-11H2,(H2,18,19,22). The number of benzene rings is 1. The van der Waals surface area contributed by atoms with Crippen LogP contribution in [0.2, 0.25) is 0 Å². The van der Waals surface area contributed by atoms with Crippen molar-refractivity contribution in [2.75, 3.05) is 16.8 Å². The van der Waals surface area contributed by atoms with Gasteiger partial charge in [-0.25, -0.2) is 0 Å². The second-order valence-electron chi connectivity index (χ2n) is 6.13. The maximum Gasteiger partial charge on any atom is 0.227 e. The topological polar surface area (TPSA) is 44.4 Å². The van der Waals surface area contributed by atoms with Crippen LogP contribution in [0, 0.1) is 0 Å². The molecule has 0 bridgehead atoms. The van der Waals surface area contributed by atoms with Crippen LogP contribution < -0.4 is 15.5 Å². The van der Waals surface area contributed by atoms with E-state index in [1.165, 1.54) is 32.1 Å². The van der Waals surface area contributed by atoms with Gasteiger partial charge in [-0.1, -0.05) is 25.3 Å². The number of carbonyl (C=O) groups is 1. The van der Waals surface area contributed by atoms with Crippen LogP contribution in [-0.2, 0) is 4.79 Å². The zero-order valence-electron chi connectivity index (χ0n) is 12.8. The van der Waals surface area contributed by atoms with Crippen LogP contribution in [0.15, 0.2) is 24.3 Å². The Morgan fingerprint density at radius 3 is 2.73 bits per heavy atom. The molecular weight excluding hydrogens is 294 g/mol. The molecule has 1 aliphatic carbocycles. The van der Waals surface area contributed by atoms with Crippen LogP contribution in [0.4, 0.5) is 11.4 Å². The van der Waals surface area contributed by atoms with Gasteiger partial charge in [0.15, 0.2) is 5.11 Å². The Bertz CT molecular complexity index is 555. The molecule has 0 aromatic heterocycles. The van der Waals surface area contributed by atoms with Crippen LogP contribution in [0.25, 0.3) is 0 Å². The molecule has 4 nitrogen and oxygen atoms in total. The summed E-state index contributed by atoms with van der Waals surface area (Å²) in [6, 6.07) is 8.42. The lowest BCUT2D eigenvalue weighted by Gasteiger charge is -2.24. The van der Waals surface area contributed by atoms with Crippen LogP contribution in [-0.4, -0.2) is 23.6 Å². The zero-order valence-corrected chi connectivity index (χ0v) is 13.6. The number of anilines is 2. The molecule has 0 spiro atoms. The van der Waals surface area contributed by atoms with Crippen molar-refractivity contribution < 1.29 is 4.79 Å². The molecule has 5 heteroatoms. The van der Waals surface area contributed by atoms with Gasteiger partial charge in [0.25, 0.3) is 0 Å². The van der Waals surface area contributed by atoms with Gasteiger partial charge < -0.3 is 15.5 Å². The van der Waals surface area contributed by atoms with Gasteiger partial charge in [-0.15, -0.1) is 0 Å². The van der Waals surface area contributed by atoms with Crippen molar-refractivity contribution in [2.45, 2.75) is 51.0 Å². The molecule has 1 amide bonds. The summed E-state index contributed by atoms with van der Waals surface area (Å²) in [5.74, 6) is 0.208. The SMILES string of the molecule is O=C1CCCN1c1cccc(NC(=S)NC2CCCCC2)c1. The monoisotopic (exact) mass is 317 g/mol. The van der Waals surface area contributed by atoms with Gasteiger partial charge in [-0.2, -0.15) is 0 Å². The van der Waals surface area contributed by atoms with E-state index in [0.717, 1.165) is 24.3 Å². The molecule has 2 fully saturated rings. The van der Waals surface area contributed by atoms with E-state index >= 15 is 0 Å². The summed E-state index contributed by atoms with van der Waals surface area (Å²) >= 11 is 5.42. The number of nitrogens with one attached hydrogen (secondary N) is 2. The molecular formula is C17H23N3OS. The lowest BCUT2D eigenvalue weighted by molar-refractivity contribution is -0.117. The molecule has 1 aromatic carbocycles. The van der Waals surface area contributed by atoms with E-state index in [-0.39, 0.29) is 5.91 Å². The van der Waals surface area contributed by atoms with E-state index in [4.69, 9.17) is 12.2 Å². The van der Waals surface area contributed by atoms with E-state index in [1.54, 1.807) is 0 Å². The summed E-state index contributed by atoms with van der Waals surface area (Å²) in [5, 5.41) is 7.33. The average Bonchev–Trinajstić information content (AvgIpc) is 2.94. The zero-order chi connectivity index (χ0) is 15.4. The van der Waals surface area contributed by atoms with Gasteiger partial charge in [0.1, 0.15) is 0 Å². The van der Waals surface area contributed by atoms with Gasteiger partial charge in [-0.3, -0.25) is 4.79 Å². The second kappa shape index (κ2) is 7.09. The van der Waals surface area contributed by atoms with Gasteiger partial charge in [0, 0.05) is 30.4 Å². The smallest absolute Gasteiger partial charge is 0.227 e. The van der Waals surface area contributed by atoms with Crippen molar-refractivity contribution in [3.63, 3.8) is 0 Å².